The first-order valence-corrected chi connectivity index (χ1v) is 8.23. The minimum Gasteiger partial charge on any atom is -0.507 e. The average molecular weight is 343 g/mol. The standard InChI is InChI=1S/C21H17N3O2/c1-24-13-16(17-8-4-5-9-19(17)24)12-22-23-21(26)18-10-14-6-2-3-7-15(14)11-20(18)25/h2-13,25H,1H3,(H,23,26)/b22-12+. The molecule has 0 radical (unpaired) electrons. The van der Waals surface area contributed by atoms with E-state index in [9.17, 15) is 9.90 Å². The van der Waals surface area contributed by atoms with Crippen molar-refractivity contribution >= 4 is 33.8 Å². The van der Waals surface area contributed by atoms with Crippen LogP contribution < -0.4 is 5.43 Å². The number of carbonyl (C=O) groups excluding carboxylic acids is 1. The zero-order valence-electron chi connectivity index (χ0n) is 14.2. The molecule has 0 unspecified atom stereocenters. The lowest BCUT2D eigenvalue weighted by Crippen LogP contribution is -2.17. The van der Waals surface area contributed by atoms with Gasteiger partial charge in [0, 0.05) is 29.7 Å². The molecule has 4 rings (SSSR count). The first-order chi connectivity index (χ1) is 12.6. The second-order valence-electron chi connectivity index (χ2n) is 6.13. The van der Waals surface area contributed by atoms with Crippen LogP contribution in [-0.2, 0) is 7.05 Å². The summed E-state index contributed by atoms with van der Waals surface area (Å²) in [6.45, 7) is 0. The van der Waals surface area contributed by atoms with Crippen LogP contribution in [0.4, 0.5) is 0 Å². The van der Waals surface area contributed by atoms with Crippen molar-refractivity contribution in [2.75, 3.05) is 0 Å². The Kier molecular flexibility index (Phi) is 3.89. The van der Waals surface area contributed by atoms with E-state index in [0.29, 0.717) is 0 Å². The van der Waals surface area contributed by atoms with Crippen molar-refractivity contribution in [2.24, 2.45) is 12.1 Å². The smallest absolute Gasteiger partial charge is 0.275 e. The van der Waals surface area contributed by atoms with Gasteiger partial charge in [0.05, 0.1) is 11.8 Å². The second-order valence-corrected chi connectivity index (χ2v) is 6.13. The summed E-state index contributed by atoms with van der Waals surface area (Å²) in [4.78, 5) is 12.4. The molecule has 1 aromatic heterocycles. The van der Waals surface area contributed by atoms with Crippen LogP contribution in [-0.4, -0.2) is 21.8 Å². The SMILES string of the molecule is Cn1cc(/C=N/NC(=O)c2cc3ccccc3cc2O)c2ccccc21. The van der Waals surface area contributed by atoms with Crippen molar-refractivity contribution in [1.82, 2.24) is 9.99 Å². The lowest BCUT2D eigenvalue weighted by Gasteiger charge is -2.05. The maximum absolute atomic E-state index is 12.4. The highest BCUT2D eigenvalue weighted by Gasteiger charge is 2.12. The number of fused-ring (bicyclic) bond motifs is 2. The van der Waals surface area contributed by atoms with Crippen molar-refractivity contribution in [2.45, 2.75) is 0 Å². The Morgan fingerprint density at radius 1 is 1.08 bits per heavy atom. The van der Waals surface area contributed by atoms with Gasteiger partial charge in [-0.05, 0) is 29.0 Å². The molecule has 128 valence electrons. The zero-order chi connectivity index (χ0) is 18.1. The molecule has 0 aliphatic rings. The average Bonchev–Trinajstić information content (AvgIpc) is 2.97. The minimum atomic E-state index is -0.454. The van der Waals surface area contributed by atoms with E-state index in [1.807, 2.05) is 66.3 Å². The van der Waals surface area contributed by atoms with Gasteiger partial charge in [0.25, 0.3) is 5.91 Å². The number of carbonyl (C=O) groups is 1. The molecule has 0 fully saturated rings. The van der Waals surface area contributed by atoms with Crippen molar-refractivity contribution < 1.29 is 9.90 Å². The molecule has 5 nitrogen and oxygen atoms in total. The van der Waals surface area contributed by atoms with E-state index in [4.69, 9.17) is 0 Å². The third-order valence-corrected chi connectivity index (χ3v) is 4.41. The summed E-state index contributed by atoms with van der Waals surface area (Å²) in [5.41, 5.74) is 4.68. The summed E-state index contributed by atoms with van der Waals surface area (Å²) in [7, 11) is 1.96. The highest BCUT2D eigenvalue weighted by atomic mass is 16.3. The van der Waals surface area contributed by atoms with Crippen LogP contribution in [0.1, 0.15) is 15.9 Å². The molecule has 0 aliphatic heterocycles. The second kappa shape index (κ2) is 6.37. The van der Waals surface area contributed by atoms with E-state index in [1.54, 1.807) is 18.3 Å². The quantitative estimate of drug-likeness (QED) is 0.439. The largest absolute Gasteiger partial charge is 0.507 e. The Labute approximate surface area is 150 Å². The van der Waals surface area contributed by atoms with Gasteiger partial charge in [0.1, 0.15) is 5.75 Å². The topological polar surface area (TPSA) is 66.6 Å². The molecule has 2 N–H and O–H groups in total. The Morgan fingerprint density at radius 2 is 1.77 bits per heavy atom. The number of nitrogens with one attached hydrogen (secondary N) is 1. The fourth-order valence-electron chi connectivity index (χ4n) is 3.11. The number of hydrogen-bond acceptors (Lipinski definition) is 3. The van der Waals surface area contributed by atoms with E-state index in [0.717, 1.165) is 27.2 Å². The van der Waals surface area contributed by atoms with E-state index < -0.39 is 5.91 Å². The number of phenols is 1. The maximum Gasteiger partial charge on any atom is 0.275 e. The molecule has 0 atom stereocenters. The van der Waals surface area contributed by atoms with Gasteiger partial charge >= 0.3 is 0 Å². The fourth-order valence-corrected chi connectivity index (χ4v) is 3.11. The molecule has 0 aliphatic carbocycles. The van der Waals surface area contributed by atoms with Crippen molar-refractivity contribution in [3.05, 3.63) is 78.0 Å². The third-order valence-electron chi connectivity index (χ3n) is 4.41. The van der Waals surface area contributed by atoms with Gasteiger partial charge in [-0.3, -0.25) is 4.79 Å². The van der Waals surface area contributed by atoms with Crippen molar-refractivity contribution in [3.8, 4) is 5.75 Å². The molecule has 0 spiro atoms. The van der Waals surface area contributed by atoms with Crippen LogP contribution in [0.3, 0.4) is 0 Å². The van der Waals surface area contributed by atoms with Gasteiger partial charge in [0.15, 0.2) is 0 Å². The molecule has 5 heteroatoms. The Hall–Kier alpha value is -3.60. The molecule has 0 saturated carbocycles. The minimum absolute atomic E-state index is 0.0680. The first kappa shape index (κ1) is 15.9. The number of hydrogen-bond donors (Lipinski definition) is 2. The van der Waals surface area contributed by atoms with Gasteiger partial charge in [0.2, 0.25) is 0 Å². The Bertz CT molecular complexity index is 1160. The van der Waals surface area contributed by atoms with Gasteiger partial charge in [-0.2, -0.15) is 5.10 Å². The lowest BCUT2D eigenvalue weighted by atomic mass is 10.1. The molecule has 3 aromatic carbocycles. The highest BCUT2D eigenvalue weighted by Crippen LogP contribution is 2.25. The zero-order valence-corrected chi connectivity index (χ0v) is 14.2. The molecular weight excluding hydrogens is 326 g/mol. The van der Waals surface area contributed by atoms with Crippen molar-refractivity contribution in [1.29, 1.82) is 0 Å². The van der Waals surface area contributed by atoms with Crippen LogP contribution >= 0.6 is 0 Å². The number of aromatic nitrogens is 1. The third kappa shape index (κ3) is 2.80. The normalized spacial score (nSPS) is 11.4. The number of hydrazone groups is 1. The lowest BCUT2D eigenvalue weighted by molar-refractivity contribution is 0.0952. The maximum atomic E-state index is 12.4. The molecule has 1 amide bonds. The molecule has 4 aromatic rings. The first-order valence-electron chi connectivity index (χ1n) is 8.23. The predicted molar refractivity (Wildman–Crippen MR) is 104 cm³/mol. The number of benzene rings is 3. The van der Waals surface area contributed by atoms with Crippen LogP contribution in [0, 0.1) is 0 Å². The molecule has 0 saturated heterocycles. The molecule has 26 heavy (non-hydrogen) atoms. The van der Waals surface area contributed by atoms with Crippen molar-refractivity contribution in [3.63, 3.8) is 0 Å². The summed E-state index contributed by atoms with van der Waals surface area (Å²) >= 11 is 0. The van der Waals surface area contributed by atoms with Crippen LogP contribution in [0.25, 0.3) is 21.7 Å². The van der Waals surface area contributed by atoms with Crippen LogP contribution in [0.2, 0.25) is 0 Å². The number of aromatic hydroxyl groups is 1. The van der Waals surface area contributed by atoms with Crippen LogP contribution in [0.15, 0.2) is 72.0 Å². The number of nitrogens with zero attached hydrogens (tertiary/aromatic N) is 2. The number of para-hydroxylation sites is 1. The fraction of sp³-hybridized carbons (Fsp3) is 0.0476. The molecule has 1 heterocycles. The molecular formula is C21H17N3O2. The van der Waals surface area contributed by atoms with Crippen LogP contribution in [0.5, 0.6) is 5.75 Å². The monoisotopic (exact) mass is 343 g/mol. The number of phenolic OH excluding ortho intramolecular Hbond substituents is 1. The van der Waals surface area contributed by atoms with Gasteiger partial charge in [-0.25, -0.2) is 5.43 Å². The number of amides is 1. The van der Waals surface area contributed by atoms with E-state index >= 15 is 0 Å². The number of rotatable bonds is 3. The Morgan fingerprint density at radius 3 is 2.58 bits per heavy atom. The Balaban J connectivity index is 1.58. The van der Waals surface area contributed by atoms with E-state index in [1.165, 1.54) is 0 Å². The van der Waals surface area contributed by atoms with Gasteiger partial charge in [-0.15, -0.1) is 0 Å². The molecule has 0 bridgehead atoms. The summed E-state index contributed by atoms with van der Waals surface area (Å²) in [5, 5.41) is 17.0. The van der Waals surface area contributed by atoms with E-state index in [2.05, 4.69) is 10.5 Å². The van der Waals surface area contributed by atoms with Gasteiger partial charge in [-0.1, -0.05) is 42.5 Å². The summed E-state index contributed by atoms with van der Waals surface area (Å²) < 4.78 is 2.01. The van der Waals surface area contributed by atoms with Gasteiger partial charge < -0.3 is 9.67 Å². The summed E-state index contributed by atoms with van der Waals surface area (Å²) in [5.74, 6) is -0.522. The summed E-state index contributed by atoms with van der Waals surface area (Å²) in [6, 6.07) is 18.8. The highest BCUT2D eigenvalue weighted by molar-refractivity contribution is 6.03. The number of aryl methyl sites for hydroxylation is 1. The van der Waals surface area contributed by atoms with E-state index in [-0.39, 0.29) is 11.3 Å². The predicted octanol–water partition coefficient (Wildman–Crippen LogP) is 3.80. The summed E-state index contributed by atoms with van der Waals surface area (Å²) in [6.07, 6.45) is 3.56.